The van der Waals surface area contributed by atoms with Crippen LogP contribution in [0.2, 0.25) is 0 Å². The number of rotatable bonds is 5. The van der Waals surface area contributed by atoms with E-state index in [1.54, 1.807) is 48.6 Å². The molecule has 6 heteroatoms. The van der Waals surface area contributed by atoms with Crippen LogP contribution in [0.5, 0.6) is 0 Å². The summed E-state index contributed by atoms with van der Waals surface area (Å²) >= 11 is 0. The van der Waals surface area contributed by atoms with E-state index in [0.29, 0.717) is 17.8 Å². The Morgan fingerprint density at radius 1 is 1.17 bits per heavy atom. The number of hydrogen-bond acceptors (Lipinski definition) is 3. The molecule has 2 aromatic rings. The molecular weight excluding hydrogens is 304 g/mol. The average Bonchev–Trinajstić information content (AvgIpc) is 2.55. The first-order chi connectivity index (χ1) is 11.5. The zero-order chi connectivity index (χ0) is 17.5. The summed E-state index contributed by atoms with van der Waals surface area (Å²) in [4.78, 5) is 29.8. The van der Waals surface area contributed by atoms with Gasteiger partial charge in [0.1, 0.15) is 0 Å². The SMILES string of the molecule is CC(C)NC(=O)Nc1ccc(C(=O)N(C)Cc2cccnc2)cc1. The molecule has 0 saturated carbocycles. The first kappa shape index (κ1) is 17.5. The van der Waals surface area contributed by atoms with Gasteiger partial charge < -0.3 is 15.5 Å². The molecule has 0 fully saturated rings. The fourth-order valence-corrected chi connectivity index (χ4v) is 2.18. The molecule has 126 valence electrons. The third-order valence-electron chi connectivity index (χ3n) is 3.30. The number of carbonyl (C=O) groups excluding carboxylic acids is 2. The number of anilines is 1. The van der Waals surface area contributed by atoms with Crippen LogP contribution in [0.25, 0.3) is 0 Å². The molecule has 3 amide bonds. The van der Waals surface area contributed by atoms with Crippen LogP contribution in [0.1, 0.15) is 29.8 Å². The predicted molar refractivity (Wildman–Crippen MR) is 93.8 cm³/mol. The highest BCUT2D eigenvalue weighted by molar-refractivity contribution is 5.95. The number of urea groups is 1. The van der Waals surface area contributed by atoms with E-state index in [9.17, 15) is 9.59 Å². The van der Waals surface area contributed by atoms with Crippen LogP contribution in [0, 0.1) is 0 Å². The van der Waals surface area contributed by atoms with Crippen LogP contribution in [-0.2, 0) is 6.54 Å². The Bertz CT molecular complexity index is 684. The van der Waals surface area contributed by atoms with Gasteiger partial charge >= 0.3 is 6.03 Å². The van der Waals surface area contributed by atoms with Crippen LogP contribution < -0.4 is 10.6 Å². The average molecular weight is 326 g/mol. The fraction of sp³-hybridized carbons (Fsp3) is 0.278. The molecule has 0 radical (unpaired) electrons. The second-order valence-corrected chi connectivity index (χ2v) is 5.85. The Kier molecular flexibility index (Phi) is 5.89. The van der Waals surface area contributed by atoms with Crippen molar-refractivity contribution >= 4 is 17.6 Å². The van der Waals surface area contributed by atoms with Gasteiger partial charge in [0.05, 0.1) is 0 Å². The Hall–Kier alpha value is -2.89. The molecule has 0 aliphatic rings. The van der Waals surface area contributed by atoms with E-state index in [-0.39, 0.29) is 18.0 Å². The summed E-state index contributed by atoms with van der Waals surface area (Å²) in [5.74, 6) is -0.0861. The van der Waals surface area contributed by atoms with Crippen molar-refractivity contribution in [3.05, 3.63) is 59.9 Å². The lowest BCUT2D eigenvalue weighted by atomic mass is 10.1. The maximum atomic E-state index is 12.4. The summed E-state index contributed by atoms with van der Waals surface area (Å²) in [5, 5.41) is 5.47. The van der Waals surface area contributed by atoms with E-state index < -0.39 is 0 Å². The number of carbonyl (C=O) groups is 2. The van der Waals surface area contributed by atoms with Crippen molar-refractivity contribution < 1.29 is 9.59 Å². The lowest BCUT2D eigenvalue weighted by molar-refractivity contribution is 0.0785. The highest BCUT2D eigenvalue weighted by atomic mass is 16.2. The molecule has 0 aliphatic carbocycles. The Morgan fingerprint density at radius 2 is 1.88 bits per heavy atom. The number of pyridine rings is 1. The van der Waals surface area contributed by atoms with Gasteiger partial charge in [0, 0.05) is 43.3 Å². The number of amides is 3. The van der Waals surface area contributed by atoms with Crippen LogP contribution in [0.15, 0.2) is 48.8 Å². The molecule has 1 aromatic heterocycles. The standard InChI is InChI=1S/C18H22N4O2/c1-13(2)20-18(24)21-16-8-6-15(7-9-16)17(23)22(3)12-14-5-4-10-19-11-14/h4-11,13H,12H2,1-3H3,(H2,20,21,24). The minimum atomic E-state index is -0.266. The van der Waals surface area contributed by atoms with E-state index in [4.69, 9.17) is 0 Å². The van der Waals surface area contributed by atoms with Crippen LogP contribution in [0.3, 0.4) is 0 Å². The molecule has 0 aliphatic heterocycles. The molecular formula is C18H22N4O2. The van der Waals surface area contributed by atoms with Crippen molar-refractivity contribution in [2.75, 3.05) is 12.4 Å². The quantitative estimate of drug-likeness (QED) is 0.887. The van der Waals surface area contributed by atoms with Gasteiger partial charge in [0.15, 0.2) is 0 Å². The van der Waals surface area contributed by atoms with Crippen molar-refractivity contribution in [2.24, 2.45) is 0 Å². The zero-order valence-electron chi connectivity index (χ0n) is 14.1. The first-order valence-electron chi connectivity index (χ1n) is 7.77. The van der Waals surface area contributed by atoms with Crippen LogP contribution in [0.4, 0.5) is 10.5 Å². The Labute approximate surface area is 141 Å². The molecule has 0 saturated heterocycles. The molecule has 0 atom stereocenters. The van der Waals surface area contributed by atoms with Crippen LogP contribution in [-0.4, -0.2) is 34.9 Å². The van der Waals surface area contributed by atoms with Gasteiger partial charge in [-0.25, -0.2) is 4.79 Å². The maximum absolute atomic E-state index is 12.4. The Balaban J connectivity index is 1.96. The van der Waals surface area contributed by atoms with E-state index >= 15 is 0 Å². The van der Waals surface area contributed by atoms with E-state index in [0.717, 1.165) is 5.56 Å². The smallest absolute Gasteiger partial charge is 0.319 e. The van der Waals surface area contributed by atoms with Crippen LogP contribution >= 0.6 is 0 Å². The van der Waals surface area contributed by atoms with E-state index in [1.807, 2.05) is 26.0 Å². The molecule has 0 spiro atoms. The summed E-state index contributed by atoms with van der Waals surface area (Å²) in [5.41, 5.74) is 2.17. The largest absolute Gasteiger partial charge is 0.337 e. The third-order valence-corrected chi connectivity index (χ3v) is 3.30. The topological polar surface area (TPSA) is 74.3 Å². The minimum absolute atomic E-state index is 0.0620. The van der Waals surface area contributed by atoms with Crippen molar-refractivity contribution in [2.45, 2.75) is 26.4 Å². The van der Waals surface area contributed by atoms with Crippen molar-refractivity contribution in [3.8, 4) is 0 Å². The molecule has 0 unspecified atom stereocenters. The molecule has 2 N–H and O–H groups in total. The van der Waals surface area contributed by atoms with Crippen molar-refractivity contribution in [1.82, 2.24) is 15.2 Å². The van der Waals surface area contributed by atoms with Gasteiger partial charge in [0.2, 0.25) is 0 Å². The van der Waals surface area contributed by atoms with E-state index in [1.165, 1.54) is 0 Å². The van der Waals surface area contributed by atoms with Gasteiger partial charge in [-0.05, 0) is 49.7 Å². The fourth-order valence-electron chi connectivity index (χ4n) is 2.18. The molecule has 2 rings (SSSR count). The number of nitrogens with zero attached hydrogens (tertiary/aromatic N) is 2. The maximum Gasteiger partial charge on any atom is 0.319 e. The van der Waals surface area contributed by atoms with E-state index in [2.05, 4.69) is 15.6 Å². The zero-order valence-corrected chi connectivity index (χ0v) is 14.1. The third kappa shape index (κ3) is 5.08. The monoisotopic (exact) mass is 326 g/mol. The summed E-state index contributed by atoms with van der Waals surface area (Å²) < 4.78 is 0. The van der Waals surface area contributed by atoms with Crippen molar-refractivity contribution in [1.29, 1.82) is 0 Å². The summed E-state index contributed by atoms with van der Waals surface area (Å²) in [6.45, 7) is 4.27. The second-order valence-electron chi connectivity index (χ2n) is 5.85. The van der Waals surface area contributed by atoms with Gasteiger partial charge in [-0.15, -0.1) is 0 Å². The molecule has 24 heavy (non-hydrogen) atoms. The molecule has 1 aromatic carbocycles. The lowest BCUT2D eigenvalue weighted by Crippen LogP contribution is -2.34. The molecule has 1 heterocycles. The summed E-state index contributed by atoms with van der Waals surface area (Å²) in [6, 6.07) is 10.4. The lowest BCUT2D eigenvalue weighted by Gasteiger charge is -2.17. The number of benzene rings is 1. The summed E-state index contributed by atoms with van der Waals surface area (Å²) in [6.07, 6.45) is 3.44. The first-order valence-corrected chi connectivity index (χ1v) is 7.77. The highest BCUT2D eigenvalue weighted by Crippen LogP contribution is 2.12. The number of aromatic nitrogens is 1. The molecule has 6 nitrogen and oxygen atoms in total. The van der Waals surface area contributed by atoms with Gasteiger partial charge in [-0.1, -0.05) is 6.07 Å². The molecule has 0 bridgehead atoms. The van der Waals surface area contributed by atoms with Gasteiger partial charge in [-0.3, -0.25) is 9.78 Å². The van der Waals surface area contributed by atoms with Gasteiger partial charge in [-0.2, -0.15) is 0 Å². The van der Waals surface area contributed by atoms with Crippen molar-refractivity contribution in [3.63, 3.8) is 0 Å². The minimum Gasteiger partial charge on any atom is -0.337 e. The Morgan fingerprint density at radius 3 is 2.46 bits per heavy atom. The predicted octanol–water partition coefficient (Wildman–Crippen LogP) is 2.88. The summed E-state index contributed by atoms with van der Waals surface area (Å²) in [7, 11) is 1.75. The van der Waals surface area contributed by atoms with Gasteiger partial charge in [0.25, 0.3) is 5.91 Å². The number of nitrogens with one attached hydrogen (secondary N) is 2. The number of hydrogen-bond donors (Lipinski definition) is 2. The highest BCUT2D eigenvalue weighted by Gasteiger charge is 2.12. The normalized spacial score (nSPS) is 10.3. The second kappa shape index (κ2) is 8.10.